The zero-order valence-corrected chi connectivity index (χ0v) is 13.3. The highest BCUT2D eigenvalue weighted by Crippen LogP contribution is 2.18. The van der Waals surface area contributed by atoms with E-state index in [0.717, 1.165) is 11.6 Å². The van der Waals surface area contributed by atoms with E-state index in [1.165, 1.54) is 12.1 Å². The van der Waals surface area contributed by atoms with Crippen molar-refractivity contribution < 1.29 is 18.7 Å². The maximum atomic E-state index is 13.8. The molecule has 0 saturated heterocycles. The van der Waals surface area contributed by atoms with Crippen molar-refractivity contribution >= 4 is 16.9 Å². The van der Waals surface area contributed by atoms with Gasteiger partial charge in [0.05, 0.1) is 24.3 Å². The molecule has 3 rings (SSSR count). The van der Waals surface area contributed by atoms with E-state index >= 15 is 0 Å². The summed E-state index contributed by atoms with van der Waals surface area (Å²) in [6.07, 6.45) is 0. The maximum Gasteiger partial charge on any atom is 0.339 e. The number of nitrogens with one attached hydrogen (secondary N) is 1. The third-order valence-electron chi connectivity index (χ3n) is 3.62. The summed E-state index contributed by atoms with van der Waals surface area (Å²) < 4.78 is 24.3. The average molecular weight is 341 g/mol. The molecule has 5 nitrogen and oxygen atoms in total. The lowest BCUT2D eigenvalue weighted by molar-refractivity contribution is 0.0290. The molecule has 128 valence electrons. The second-order valence-corrected chi connectivity index (χ2v) is 5.38. The number of fused-ring (bicyclic) bond motifs is 1. The Balaban J connectivity index is 1.61. The fourth-order valence-corrected chi connectivity index (χ4v) is 2.45. The third-order valence-corrected chi connectivity index (χ3v) is 3.62. The molecular weight excluding hydrogens is 325 g/mol. The molecule has 2 aromatic carbocycles. The van der Waals surface area contributed by atoms with E-state index in [-0.39, 0.29) is 24.3 Å². The summed E-state index contributed by atoms with van der Waals surface area (Å²) in [7, 11) is 0. The Kier molecular flexibility index (Phi) is 5.20. The molecule has 6 heteroatoms. The molecular formula is C19H16FNO4. The molecule has 0 aliphatic carbocycles. The minimum absolute atomic E-state index is 0.0118. The number of aromatic amines is 1. The van der Waals surface area contributed by atoms with Crippen LogP contribution in [0.3, 0.4) is 0 Å². The van der Waals surface area contributed by atoms with Crippen LogP contribution in [0, 0.1) is 5.82 Å². The summed E-state index contributed by atoms with van der Waals surface area (Å²) in [5.74, 6) is -1.29. The first kappa shape index (κ1) is 16.9. The van der Waals surface area contributed by atoms with Crippen LogP contribution in [0.25, 0.3) is 10.9 Å². The Labute approximate surface area is 143 Å². The van der Waals surface area contributed by atoms with E-state index in [4.69, 9.17) is 9.47 Å². The normalized spacial score (nSPS) is 10.8. The molecule has 0 amide bonds. The number of para-hydroxylation sites is 1. The minimum atomic E-state index is -0.690. The van der Waals surface area contributed by atoms with Crippen molar-refractivity contribution in [2.24, 2.45) is 0 Å². The smallest absolute Gasteiger partial charge is 0.339 e. The molecule has 0 bridgehead atoms. The molecule has 1 N–H and O–H groups in total. The second-order valence-electron chi connectivity index (χ2n) is 5.38. The molecule has 0 aliphatic heterocycles. The lowest BCUT2D eigenvalue weighted by atomic mass is 10.1. The maximum absolute atomic E-state index is 13.8. The van der Waals surface area contributed by atoms with Crippen LogP contribution in [-0.2, 0) is 16.1 Å². The van der Waals surface area contributed by atoms with Gasteiger partial charge in [-0.1, -0.05) is 42.5 Å². The fourth-order valence-electron chi connectivity index (χ4n) is 2.45. The van der Waals surface area contributed by atoms with Gasteiger partial charge in [-0.25, -0.2) is 9.18 Å². The monoisotopic (exact) mass is 341 g/mol. The molecule has 25 heavy (non-hydrogen) atoms. The molecule has 3 aromatic rings. The van der Waals surface area contributed by atoms with Crippen molar-refractivity contribution in [2.45, 2.75) is 6.61 Å². The number of pyridine rings is 1. The van der Waals surface area contributed by atoms with Gasteiger partial charge in [0.15, 0.2) is 0 Å². The molecule has 0 unspecified atom stereocenters. The number of carbonyl (C=O) groups excluding carboxylic acids is 1. The van der Waals surface area contributed by atoms with Crippen molar-refractivity contribution in [3.05, 3.63) is 81.9 Å². The highest BCUT2D eigenvalue weighted by atomic mass is 19.1. The minimum Gasteiger partial charge on any atom is -0.460 e. The molecule has 0 aliphatic rings. The van der Waals surface area contributed by atoms with Crippen LogP contribution in [0.5, 0.6) is 0 Å². The number of aromatic nitrogens is 1. The summed E-state index contributed by atoms with van der Waals surface area (Å²) in [5.41, 5.74) is 0.471. The van der Waals surface area contributed by atoms with Crippen LogP contribution < -0.4 is 5.56 Å². The first-order chi connectivity index (χ1) is 12.1. The van der Waals surface area contributed by atoms with Gasteiger partial charge in [-0.05, 0) is 11.6 Å². The van der Waals surface area contributed by atoms with Crippen LogP contribution in [0.4, 0.5) is 4.39 Å². The number of H-pyrrole nitrogens is 1. The first-order valence-electron chi connectivity index (χ1n) is 7.75. The van der Waals surface area contributed by atoms with Gasteiger partial charge in [-0.3, -0.25) is 4.79 Å². The lowest BCUT2D eigenvalue weighted by Gasteiger charge is -2.08. The van der Waals surface area contributed by atoms with E-state index in [1.807, 2.05) is 30.3 Å². The number of ether oxygens (including phenoxy) is 2. The van der Waals surface area contributed by atoms with Crippen LogP contribution in [-0.4, -0.2) is 24.2 Å². The Hall–Kier alpha value is -2.99. The van der Waals surface area contributed by atoms with Crippen LogP contribution in [0.2, 0.25) is 0 Å². The number of hydrogen-bond donors (Lipinski definition) is 1. The number of benzene rings is 2. The lowest BCUT2D eigenvalue weighted by Crippen LogP contribution is -2.15. The van der Waals surface area contributed by atoms with E-state index in [2.05, 4.69) is 4.98 Å². The van der Waals surface area contributed by atoms with E-state index < -0.39 is 17.3 Å². The number of halogens is 1. The second kappa shape index (κ2) is 7.72. The van der Waals surface area contributed by atoms with Crippen molar-refractivity contribution in [3.63, 3.8) is 0 Å². The predicted molar refractivity (Wildman–Crippen MR) is 90.9 cm³/mol. The Morgan fingerprint density at radius 2 is 1.84 bits per heavy atom. The average Bonchev–Trinajstić information content (AvgIpc) is 2.62. The number of esters is 1. The van der Waals surface area contributed by atoms with Gasteiger partial charge in [0.1, 0.15) is 12.4 Å². The number of carbonyl (C=O) groups is 1. The van der Waals surface area contributed by atoms with Gasteiger partial charge >= 0.3 is 5.97 Å². The molecule has 0 spiro atoms. The van der Waals surface area contributed by atoms with E-state index in [0.29, 0.717) is 12.0 Å². The van der Waals surface area contributed by atoms with Gasteiger partial charge < -0.3 is 14.5 Å². The van der Waals surface area contributed by atoms with Gasteiger partial charge in [-0.15, -0.1) is 0 Å². The van der Waals surface area contributed by atoms with Crippen molar-refractivity contribution in [2.75, 3.05) is 13.2 Å². The van der Waals surface area contributed by atoms with Gasteiger partial charge in [-0.2, -0.15) is 0 Å². The zero-order valence-electron chi connectivity index (χ0n) is 13.3. The van der Waals surface area contributed by atoms with Crippen molar-refractivity contribution in [3.8, 4) is 0 Å². The topological polar surface area (TPSA) is 68.4 Å². The molecule has 0 radical (unpaired) electrons. The van der Waals surface area contributed by atoms with Crippen LogP contribution in [0.15, 0.2) is 59.4 Å². The van der Waals surface area contributed by atoms with Crippen molar-refractivity contribution in [1.29, 1.82) is 0 Å². The Morgan fingerprint density at radius 1 is 1.04 bits per heavy atom. The fraction of sp³-hybridized carbons (Fsp3) is 0.158. The molecule has 1 heterocycles. The summed E-state index contributed by atoms with van der Waals surface area (Å²) >= 11 is 0. The third kappa shape index (κ3) is 4.10. The van der Waals surface area contributed by atoms with Gasteiger partial charge in [0.2, 0.25) is 5.56 Å². The quantitative estimate of drug-likeness (QED) is 0.553. The number of hydrogen-bond acceptors (Lipinski definition) is 4. The SMILES string of the molecule is O=C(OCCOCc1ccccc1)c1cc(=O)[nH]c2c(F)cccc12. The number of rotatable bonds is 6. The van der Waals surface area contributed by atoms with Gasteiger partial charge in [0.25, 0.3) is 0 Å². The van der Waals surface area contributed by atoms with Crippen molar-refractivity contribution in [1.82, 2.24) is 4.98 Å². The summed E-state index contributed by atoms with van der Waals surface area (Å²) in [5, 5.41) is 0.301. The first-order valence-corrected chi connectivity index (χ1v) is 7.75. The van der Waals surface area contributed by atoms with E-state index in [1.54, 1.807) is 6.07 Å². The Bertz CT molecular complexity index is 937. The summed E-state index contributed by atoms with van der Waals surface area (Å²) in [6, 6.07) is 14.9. The zero-order chi connectivity index (χ0) is 17.6. The molecule has 0 saturated carbocycles. The molecule has 0 atom stereocenters. The molecule has 0 fully saturated rings. The van der Waals surface area contributed by atoms with Crippen LogP contribution >= 0.6 is 0 Å². The molecule has 1 aromatic heterocycles. The Morgan fingerprint density at radius 3 is 2.64 bits per heavy atom. The summed E-state index contributed by atoms with van der Waals surface area (Å²) in [4.78, 5) is 26.2. The highest BCUT2D eigenvalue weighted by molar-refractivity contribution is 6.03. The van der Waals surface area contributed by atoms with E-state index in [9.17, 15) is 14.0 Å². The standard InChI is InChI=1S/C19H16FNO4/c20-16-8-4-7-14-15(11-17(22)21-18(14)16)19(23)25-10-9-24-12-13-5-2-1-3-6-13/h1-8,11H,9-10,12H2,(H,21,22). The summed E-state index contributed by atoms with van der Waals surface area (Å²) in [6.45, 7) is 0.670. The largest absolute Gasteiger partial charge is 0.460 e. The van der Waals surface area contributed by atoms with Gasteiger partial charge in [0, 0.05) is 11.5 Å². The highest BCUT2D eigenvalue weighted by Gasteiger charge is 2.15. The van der Waals surface area contributed by atoms with Crippen LogP contribution in [0.1, 0.15) is 15.9 Å². The predicted octanol–water partition coefficient (Wildman–Crippen LogP) is 3.04.